The van der Waals surface area contributed by atoms with Crippen molar-refractivity contribution in [3.8, 4) is 6.07 Å². The first kappa shape index (κ1) is 15.7. The van der Waals surface area contributed by atoms with Gasteiger partial charge in [0.1, 0.15) is 0 Å². The van der Waals surface area contributed by atoms with E-state index in [1.54, 1.807) is 0 Å². The topological polar surface area (TPSA) is 73.6 Å². The summed E-state index contributed by atoms with van der Waals surface area (Å²) in [5, 5.41) is 16.9. The molecule has 17 heavy (non-hydrogen) atoms. The van der Waals surface area contributed by atoms with Crippen molar-refractivity contribution < 1.29 is 27.8 Å². The second-order valence-corrected chi connectivity index (χ2v) is 3.34. The Morgan fingerprint density at radius 3 is 2.53 bits per heavy atom. The number of ether oxygens (including phenoxy) is 1. The minimum Gasteiger partial charge on any atom is -0.480 e. The zero-order valence-electron chi connectivity index (χ0n) is 9.20. The number of carboxylic acid groups (broad SMARTS) is 1. The summed E-state index contributed by atoms with van der Waals surface area (Å²) >= 11 is 0. The molecule has 0 amide bonds. The maximum absolute atomic E-state index is 12.3. The Bertz CT molecular complexity index is 288. The third-order valence-corrected chi connectivity index (χ3v) is 1.96. The second kappa shape index (κ2) is 7.09. The Morgan fingerprint density at radius 1 is 1.59 bits per heavy atom. The third kappa shape index (κ3) is 6.76. The van der Waals surface area contributed by atoms with E-state index < -0.39 is 31.2 Å². The van der Waals surface area contributed by atoms with Gasteiger partial charge in [0.2, 0.25) is 0 Å². The maximum atomic E-state index is 12.3. The summed E-state index contributed by atoms with van der Waals surface area (Å²) in [6.45, 7) is -1.10. The molecule has 0 aromatic heterocycles. The summed E-state index contributed by atoms with van der Waals surface area (Å²) in [7, 11) is 1.35. The van der Waals surface area contributed by atoms with E-state index in [2.05, 4.69) is 4.74 Å². The molecule has 0 aromatic carbocycles. The highest BCUT2D eigenvalue weighted by molar-refractivity contribution is 5.69. The Labute approximate surface area is 96.4 Å². The predicted octanol–water partition coefficient (Wildman–Crippen LogP) is 0.721. The van der Waals surface area contributed by atoms with Gasteiger partial charge in [0.15, 0.2) is 5.92 Å². The van der Waals surface area contributed by atoms with Crippen LogP contribution in [-0.4, -0.2) is 55.5 Å². The smallest absolute Gasteiger partial charge is 0.405 e. The van der Waals surface area contributed by atoms with Gasteiger partial charge in [0.25, 0.3) is 0 Å². The lowest BCUT2D eigenvalue weighted by atomic mass is 10.1. The summed E-state index contributed by atoms with van der Waals surface area (Å²) in [6.07, 6.45) is -4.65. The molecule has 0 saturated carbocycles. The van der Waals surface area contributed by atoms with Crippen LogP contribution in [0.5, 0.6) is 0 Å². The van der Waals surface area contributed by atoms with Crippen LogP contribution < -0.4 is 0 Å². The van der Waals surface area contributed by atoms with Crippen molar-refractivity contribution in [3.05, 3.63) is 0 Å². The molecule has 0 bridgehead atoms. The summed E-state index contributed by atoms with van der Waals surface area (Å²) in [4.78, 5) is 11.5. The fraction of sp³-hybridized carbons (Fsp3) is 0.778. The average Bonchev–Trinajstić information content (AvgIpc) is 2.19. The van der Waals surface area contributed by atoms with Crippen molar-refractivity contribution in [1.82, 2.24) is 4.90 Å². The normalized spacial score (nSPS) is 13.4. The van der Waals surface area contributed by atoms with E-state index in [4.69, 9.17) is 10.4 Å². The van der Waals surface area contributed by atoms with Crippen LogP contribution >= 0.6 is 0 Å². The van der Waals surface area contributed by atoms with Crippen LogP contribution in [0.15, 0.2) is 0 Å². The molecule has 0 spiro atoms. The lowest BCUT2D eigenvalue weighted by Gasteiger charge is -2.23. The van der Waals surface area contributed by atoms with E-state index in [0.29, 0.717) is 0 Å². The number of methoxy groups -OCH3 is 1. The van der Waals surface area contributed by atoms with Crippen LogP contribution in [0, 0.1) is 17.2 Å². The molecule has 0 radical (unpaired) electrons. The van der Waals surface area contributed by atoms with Gasteiger partial charge in [-0.25, -0.2) is 0 Å². The fourth-order valence-corrected chi connectivity index (χ4v) is 1.12. The van der Waals surface area contributed by atoms with Gasteiger partial charge in [-0.15, -0.1) is 0 Å². The molecular weight excluding hydrogens is 241 g/mol. The van der Waals surface area contributed by atoms with E-state index in [1.165, 1.54) is 7.11 Å². The van der Waals surface area contributed by atoms with Crippen LogP contribution in [-0.2, 0) is 9.53 Å². The standard InChI is InChI=1S/C9H13F3N2O3/c1-17-3-2-14(6-8(15)16)5-7(4-13)9(10,11)12/h7H,2-3,5-6H2,1H3,(H,15,16). The molecule has 8 heteroatoms. The number of carbonyl (C=O) groups is 1. The number of hydrogen-bond acceptors (Lipinski definition) is 4. The second-order valence-electron chi connectivity index (χ2n) is 3.34. The van der Waals surface area contributed by atoms with Crippen molar-refractivity contribution in [2.75, 3.05) is 33.4 Å². The molecule has 0 rings (SSSR count). The van der Waals surface area contributed by atoms with Gasteiger partial charge in [0.05, 0.1) is 19.2 Å². The van der Waals surface area contributed by atoms with Crippen LogP contribution in [0.1, 0.15) is 0 Å². The molecule has 1 unspecified atom stereocenters. The van der Waals surface area contributed by atoms with Gasteiger partial charge in [-0.3, -0.25) is 9.69 Å². The van der Waals surface area contributed by atoms with E-state index in [9.17, 15) is 18.0 Å². The molecule has 98 valence electrons. The fourth-order valence-electron chi connectivity index (χ4n) is 1.12. The lowest BCUT2D eigenvalue weighted by Crippen LogP contribution is -2.40. The Hall–Kier alpha value is -1.33. The van der Waals surface area contributed by atoms with Crippen LogP contribution in [0.3, 0.4) is 0 Å². The lowest BCUT2D eigenvalue weighted by molar-refractivity contribution is -0.165. The quantitative estimate of drug-likeness (QED) is 0.724. The highest BCUT2D eigenvalue weighted by Gasteiger charge is 2.41. The van der Waals surface area contributed by atoms with E-state index >= 15 is 0 Å². The molecule has 0 aliphatic rings. The molecule has 1 atom stereocenters. The largest absolute Gasteiger partial charge is 0.480 e. The average molecular weight is 254 g/mol. The number of alkyl halides is 3. The van der Waals surface area contributed by atoms with Crippen molar-refractivity contribution >= 4 is 5.97 Å². The monoisotopic (exact) mass is 254 g/mol. The number of halogens is 3. The summed E-state index contributed by atoms with van der Waals surface area (Å²) < 4.78 is 41.6. The molecule has 0 saturated heterocycles. The minimum atomic E-state index is -4.65. The van der Waals surface area contributed by atoms with E-state index in [0.717, 1.165) is 11.0 Å². The molecule has 0 heterocycles. The molecule has 0 aromatic rings. The number of nitriles is 1. The van der Waals surface area contributed by atoms with E-state index in [1.807, 2.05) is 0 Å². The van der Waals surface area contributed by atoms with Crippen molar-refractivity contribution in [2.45, 2.75) is 6.18 Å². The third-order valence-electron chi connectivity index (χ3n) is 1.96. The van der Waals surface area contributed by atoms with E-state index in [-0.39, 0.29) is 13.2 Å². The van der Waals surface area contributed by atoms with Crippen LogP contribution in [0.4, 0.5) is 13.2 Å². The predicted molar refractivity (Wildman–Crippen MR) is 51.1 cm³/mol. The molecule has 1 N–H and O–H groups in total. The van der Waals surface area contributed by atoms with Crippen LogP contribution in [0.2, 0.25) is 0 Å². The number of hydrogen-bond donors (Lipinski definition) is 1. The highest BCUT2D eigenvalue weighted by Crippen LogP contribution is 2.26. The minimum absolute atomic E-state index is 0.0249. The molecule has 0 aliphatic heterocycles. The van der Waals surface area contributed by atoms with Crippen molar-refractivity contribution in [3.63, 3.8) is 0 Å². The molecule has 5 nitrogen and oxygen atoms in total. The zero-order valence-corrected chi connectivity index (χ0v) is 9.20. The summed E-state index contributed by atoms with van der Waals surface area (Å²) in [5.74, 6) is -3.45. The van der Waals surface area contributed by atoms with Crippen molar-refractivity contribution in [1.29, 1.82) is 5.26 Å². The number of rotatable bonds is 7. The van der Waals surface area contributed by atoms with Gasteiger partial charge < -0.3 is 9.84 Å². The van der Waals surface area contributed by atoms with Gasteiger partial charge in [-0.2, -0.15) is 18.4 Å². The van der Waals surface area contributed by atoms with Gasteiger partial charge in [-0.1, -0.05) is 0 Å². The SMILES string of the molecule is COCCN(CC(=O)O)CC(C#N)C(F)(F)F. The van der Waals surface area contributed by atoms with Gasteiger partial charge in [-0.05, 0) is 0 Å². The number of carboxylic acids is 1. The Balaban J connectivity index is 4.49. The number of nitrogens with zero attached hydrogens (tertiary/aromatic N) is 2. The zero-order chi connectivity index (χ0) is 13.5. The summed E-state index contributed by atoms with van der Waals surface area (Å²) in [5.41, 5.74) is 0. The van der Waals surface area contributed by atoms with Crippen LogP contribution in [0.25, 0.3) is 0 Å². The van der Waals surface area contributed by atoms with Gasteiger partial charge in [0, 0.05) is 20.2 Å². The maximum Gasteiger partial charge on any atom is 0.405 e. The first-order valence-corrected chi connectivity index (χ1v) is 4.70. The molecular formula is C9H13F3N2O3. The molecule has 0 fully saturated rings. The first-order chi connectivity index (χ1) is 7.81. The highest BCUT2D eigenvalue weighted by atomic mass is 19.4. The number of aliphatic carboxylic acids is 1. The molecule has 0 aliphatic carbocycles. The summed E-state index contributed by atoms with van der Waals surface area (Å²) in [6, 6.07) is 1.12. The van der Waals surface area contributed by atoms with Gasteiger partial charge >= 0.3 is 12.1 Å². The Kier molecular flexibility index (Phi) is 6.53. The Morgan fingerprint density at radius 2 is 2.18 bits per heavy atom. The first-order valence-electron chi connectivity index (χ1n) is 4.70. The van der Waals surface area contributed by atoms with Crippen molar-refractivity contribution in [2.24, 2.45) is 5.92 Å².